The van der Waals surface area contributed by atoms with Crippen molar-refractivity contribution in [3.63, 3.8) is 0 Å². The zero-order valence-electron chi connectivity index (χ0n) is 17.4. The number of nitrogens with zero attached hydrogens (tertiary/aromatic N) is 1. The van der Waals surface area contributed by atoms with Crippen LogP contribution in [0.5, 0.6) is 0 Å². The predicted molar refractivity (Wildman–Crippen MR) is 122 cm³/mol. The molecule has 1 saturated carbocycles. The highest BCUT2D eigenvalue weighted by Crippen LogP contribution is 2.35. The summed E-state index contributed by atoms with van der Waals surface area (Å²) in [6.07, 6.45) is 8.00. The molecule has 29 heavy (non-hydrogen) atoms. The molecule has 2 atom stereocenters. The maximum absolute atomic E-state index is 13.6. The average molecular weight is 413 g/mol. The summed E-state index contributed by atoms with van der Waals surface area (Å²) in [6.45, 7) is 1.13. The second-order valence-electron chi connectivity index (χ2n) is 8.87. The van der Waals surface area contributed by atoms with E-state index in [1.165, 1.54) is 47.8 Å². The number of hydrogen-bond donors (Lipinski definition) is 1. The van der Waals surface area contributed by atoms with E-state index in [1.807, 2.05) is 18.0 Å². The lowest BCUT2D eigenvalue weighted by atomic mass is 9.76. The summed E-state index contributed by atoms with van der Waals surface area (Å²) < 4.78 is 16.1. The molecule has 2 aliphatic rings. The fourth-order valence-electron chi connectivity index (χ4n) is 4.39. The van der Waals surface area contributed by atoms with Gasteiger partial charge in [0.1, 0.15) is 5.82 Å². The smallest absolute Gasteiger partial charge is 0.123 e. The van der Waals surface area contributed by atoms with Gasteiger partial charge in [0, 0.05) is 24.3 Å². The van der Waals surface area contributed by atoms with Gasteiger partial charge in [-0.15, -0.1) is 0 Å². The van der Waals surface area contributed by atoms with Crippen LogP contribution in [0.25, 0.3) is 0 Å². The first-order chi connectivity index (χ1) is 14.1. The molecule has 2 nitrogen and oxygen atoms in total. The number of fused-ring (bicyclic) bond motifs is 1. The quantitative estimate of drug-likeness (QED) is 0.563. The van der Waals surface area contributed by atoms with Crippen molar-refractivity contribution in [2.75, 3.05) is 19.3 Å². The zero-order valence-corrected chi connectivity index (χ0v) is 18.3. The maximum Gasteiger partial charge on any atom is 0.123 e. The van der Waals surface area contributed by atoms with E-state index in [4.69, 9.17) is 5.73 Å². The molecule has 2 aliphatic carbocycles. The van der Waals surface area contributed by atoms with Crippen LogP contribution in [0.3, 0.4) is 0 Å². The third-order valence-electron chi connectivity index (χ3n) is 6.38. The monoisotopic (exact) mass is 412 g/mol. The minimum atomic E-state index is -0.162. The van der Waals surface area contributed by atoms with Crippen molar-refractivity contribution in [2.24, 2.45) is 11.7 Å². The molecule has 156 valence electrons. The Labute approximate surface area is 179 Å². The van der Waals surface area contributed by atoms with Crippen LogP contribution in [-0.4, -0.2) is 29.7 Å². The molecule has 0 aromatic heterocycles. The van der Waals surface area contributed by atoms with E-state index in [1.54, 1.807) is 12.1 Å². The van der Waals surface area contributed by atoms with Crippen molar-refractivity contribution in [3.8, 4) is 0 Å². The summed E-state index contributed by atoms with van der Waals surface area (Å²) >= 11 is 1.99. The Bertz CT molecular complexity index is 820. The Kier molecular flexibility index (Phi) is 6.94. The molecule has 1 fully saturated rings. The number of nitrogens with two attached hydrogens (primary N) is 1. The third-order valence-corrected chi connectivity index (χ3v) is 7.63. The van der Waals surface area contributed by atoms with Crippen molar-refractivity contribution >= 4 is 11.9 Å². The fourth-order valence-corrected chi connectivity index (χ4v) is 5.45. The number of rotatable bonds is 9. The van der Waals surface area contributed by atoms with Crippen LogP contribution in [-0.2, 0) is 19.3 Å². The predicted octanol–water partition coefficient (Wildman–Crippen LogP) is 5.35. The summed E-state index contributed by atoms with van der Waals surface area (Å²) in [5.74, 6) is 2.37. The second kappa shape index (κ2) is 9.63. The average Bonchev–Trinajstić information content (AvgIpc) is 3.53. The van der Waals surface area contributed by atoms with E-state index in [-0.39, 0.29) is 17.8 Å². The van der Waals surface area contributed by atoms with Crippen LogP contribution in [0.1, 0.15) is 53.9 Å². The van der Waals surface area contributed by atoms with E-state index in [2.05, 4.69) is 29.6 Å². The molecule has 0 spiro atoms. The van der Waals surface area contributed by atoms with Gasteiger partial charge < -0.3 is 5.73 Å². The van der Waals surface area contributed by atoms with Gasteiger partial charge in [-0.25, -0.2) is 4.39 Å². The molecule has 0 aliphatic heterocycles. The molecular weight excluding hydrogens is 379 g/mol. The van der Waals surface area contributed by atoms with Gasteiger partial charge in [0.2, 0.25) is 0 Å². The molecule has 2 unspecified atom stereocenters. The fraction of sp³-hybridized carbons (Fsp3) is 0.520. The van der Waals surface area contributed by atoms with Crippen molar-refractivity contribution in [2.45, 2.75) is 56.9 Å². The van der Waals surface area contributed by atoms with Gasteiger partial charge in [0.05, 0.1) is 0 Å². The summed E-state index contributed by atoms with van der Waals surface area (Å²) in [5, 5.41) is 0. The van der Waals surface area contributed by atoms with Gasteiger partial charge in [0.15, 0.2) is 0 Å². The van der Waals surface area contributed by atoms with Crippen LogP contribution in [0.2, 0.25) is 0 Å². The third kappa shape index (κ3) is 5.84. The normalized spacial score (nSPS) is 21.4. The highest BCUT2D eigenvalue weighted by molar-refractivity contribution is 7.97. The first-order valence-corrected chi connectivity index (χ1v) is 12.0. The Balaban J connectivity index is 1.39. The van der Waals surface area contributed by atoms with E-state index in [9.17, 15) is 4.39 Å². The molecule has 2 aromatic carbocycles. The molecule has 0 amide bonds. The van der Waals surface area contributed by atoms with Gasteiger partial charge in [-0.2, -0.15) is 0 Å². The number of aryl methyl sites for hydroxylation is 2. The maximum atomic E-state index is 13.6. The molecule has 2 aromatic rings. The van der Waals surface area contributed by atoms with E-state index in [0.717, 1.165) is 43.7 Å². The topological polar surface area (TPSA) is 29.3 Å². The van der Waals surface area contributed by atoms with Crippen LogP contribution in [0.4, 0.5) is 4.39 Å². The summed E-state index contributed by atoms with van der Waals surface area (Å²) in [7, 11) is 2.22. The highest BCUT2D eigenvalue weighted by Gasteiger charge is 2.27. The first-order valence-electron chi connectivity index (χ1n) is 11.0. The molecule has 2 N–H and O–H groups in total. The van der Waals surface area contributed by atoms with Gasteiger partial charge in [-0.05, 0) is 92.3 Å². The minimum absolute atomic E-state index is 0.144. The van der Waals surface area contributed by atoms with E-state index >= 15 is 0 Å². The Hall–Kier alpha value is -1.36. The molecular formula is C25H33FN2S. The van der Waals surface area contributed by atoms with Crippen molar-refractivity contribution in [1.29, 1.82) is 0 Å². The molecule has 0 radical (unpaired) electrons. The van der Waals surface area contributed by atoms with E-state index in [0.29, 0.717) is 0 Å². The molecule has 4 heteroatoms. The number of halogens is 1. The van der Waals surface area contributed by atoms with Gasteiger partial charge >= 0.3 is 0 Å². The first kappa shape index (κ1) is 20.9. The summed E-state index contributed by atoms with van der Waals surface area (Å²) in [5.41, 5.74) is 11.8. The highest BCUT2D eigenvalue weighted by atomic mass is 32.2. The van der Waals surface area contributed by atoms with Crippen molar-refractivity contribution in [3.05, 3.63) is 70.5 Å². The van der Waals surface area contributed by atoms with Crippen LogP contribution >= 0.6 is 11.9 Å². The standard InChI is InChI=1S/C25H33FN2S/c1-28(29-17-19-7-8-19)13-3-5-18-9-10-21-11-12-25(27)24(23(21)15-18)16-20-4-2-6-22(26)14-20/h2,4,6,9-10,14-15,19,24-25H,3,5,7-8,11-13,16-17,27H2,1H3. The molecule has 4 rings (SSSR count). The van der Waals surface area contributed by atoms with Crippen LogP contribution in [0.15, 0.2) is 42.5 Å². The number of benzene rings is 2. The van der Waals surface area contributed by atoms with Crippen molar-refractivity contribution < 1.29 is 4.39 Å². The van der Waals surface area contributed by atoms with Gasteiger partial charge in [-0.3, -0.25) is 4.31 Å². The van der Waals surface area contributed by atoms with Crippen LogP contribution in [0, 0.1) is 11.7 Å². The summed E-state index contributed by atoms with van der Waals surface area (Å²) in [6, 6.07) is 14.1. The molecule has 0 saturated heterocycles. The second-order valence-corrected chi connectivity index (χ2v) is 10.1. The summed E-state index contributed by atoms with van der Waals surface area (Å²) in [4.78, 5) is 0. The largest absolute Gasteiger partial charge is 0.327 e. The Morgan fingerprint density at radius 1 is 1.10 bits per heavy atom. The van der Waals surface area contributed by atoms with Crippen molar-refractivity contribution in [1.82, 2.24) is 4.31 Å². The lowest BCUT2D eigenvalue weighted by Crippen LogP contribution is -2.34. The van der Waals surface area contributed by atoms with Gasteiger partial charge in [-0.1, -0.05) is 42.3 Å². The van der Waals surface area contributed by atoms with E-state index < -0.39 is 0 Å². The zero-order chi connectivity index (χ0) is 20.2. The Morgan fingerprint density at radius 3 is 2.76 bits per heavy atom. The number of hydrogen-bond acceptors (Lipinski definition) is 3. The molecule has 0 bridgehead atoms. The van der Waals surface area contributed by atoms with Crippen LogP contribution < -0.4 is 5.73 Å². The lowest BCUT2D eigenvalue weighted by Gasteiger charge is -2.32. The lowest BCUT2D eigenvalue weighted by molar-refractivity contribution is 0.466. The SMILES string of the molecule is CN(CCCc1ccc2c(c1)C(Cc1cccc(F)c1)C(N)CC2)SCC1CC1. The van der Waals surface area contributed by atoms with Gasteiger partial charge in [0.25, 0.3) is 0 Å². The Morgan fingerprint density at radius 2 is 1.97 bits per heavy atom. The molecule has 0 heterocycles. The minimum Gasteiger partial charge on any atom is -0.327 e.